The van der Waals surface area contributed by atoms with Gasteiger partial charge in [-0.25, -0.2) is 0 Å². The van der Waals surface area contributed by atoms with Crippen molar-refractivity contribution in [3.05, 3.63) is 0 Å². The maximum absolute atomic E-state index is 11.7. The van der Waals surface area contributed by atoms with Crippen LogP contribution in [0.5, 0.6) is 0 Å². The van der Waals surface area contributed by atoms with Crippen molar-refractivity contribution in [3.63, 3.8) is 0 Å². The van der Waals surface area contributed by atoms with E-state index < -0.39 is 5.60 Å². The highest BCUT2D eigenvalue weighted by Gasteiger charge is 2.36. The molecule has 2 saturated carbocycles. The lowest BCUT2D eigenvalue weighted by Crippen LogP contribution is -2.50. The Kier molecular flexibility index (Phi) is 2.98. The molecule has 15 heavy (non-hydrogen) atoms. The third kappa shape index (κ3) is 2.32. The molecule has 2 fully saturated rings. The molecular weight excluding hydrogens is 192 g/mol. The Balaban J connectivity index is 1.76. The molecule has 0 aromatic rings. The summed E-state index contributed by atoms with van der Waals surface area (Å²) in [5.41, 5.74) is 5.22. The zero-order chi connectivity index (χ0) is 10.9. The van der Waals surface area contributed by atoms with Gasteiger partial charge in [-0.1, -0.05) is 6.42 Å². The molecule has 0 spiro atoms. The van der Waals surface area contributed by atoms with Crippen LogP contribution in [0.2, 0.25) is 0 Å². The van der Waals surface area contributed by atoms with Crippen LogP contribution in [-0.4, -0.2) is 29.2 Å². The minimum atomic E-state index is -0.627. The Hall–Kier alpha value is -0.610. The molecule has 2 rings (SSSR count). The first-order chi connectivity index (χ1) is 7.11. The van der Waals surface area contributed by atoms with Gasteiger partial charge >= 0.3 is 0 Å². The topological polar surface area (TPSA) is 75.4 Å². The fraction of sp³-hybridized carbons (Fsp3) is 0.909. The summed E-state index contributed by atoms with van der Waals surface area (Å²) >= 11 is 0. The SMILES string of the molecule is NC1CCCC1C(=O)NCC1(O)CCC1. The highest BCUT2D eigenvalue weighted by molar-refractivity contribution is 5.79. The summed E-state index contributed by atoms with van der Waals surface area (Å²) in [5.74, 6) is -0.00555. The third-order valence-corrected chi connectivity index (χ3v) is 3.78. The molecule has 2 unspecified atom stereocenters. The molecule has 0 radical (unpaired) electrons. The summed E-state index contributed by atoms with van der Waals surface area (Å²) in [6, 6.07) is 0.0148. The summed E-state index contributed by atoms with van der Waals surface area (Å²) in [5, 5.41) is 12.7. The standard InChI is InChI=1S/C11H20N2O2/c12-9-4-1-3-8(9)10(14)13-7-11(15)5-2-6-11/h8-9,15H,1-7,12H2,(H,13,14). The van der Waals surface area contributed by atoms with Crippen molar-refractivity contribution in [1.82, 2.24) is 5.32 Å². The molecule has 0 aromatic heterocycles. The van der Waals surface area contributed by atoms with Gasteiger partial charge in [0.2, 0.25) is 5.91 Å². The van der Waals surface area contributed by atoms with E-state index in [9.17, 15) is 9.90 Å². The zero-order valence-electron chi connectivity index (χ0n) is 9.04. The molecule has 0 aromatic carbocycles. The van der Waals surface area contributed by atoms with Crippen LogP contribution in [0, 0.1) is 5.92 Å². The second-order valence-corrected chi connectivity index (χ2v) is 5.00. The second kappa shape index (κ2) is 4.10. The molecule has 0 bridgehead atoms. The van der Waals surface area contributed by atoms with Crippen LogP contribution in [0.4, 0.5) is 0 Å². The van der Waals surface area contributed by atoms with Crippen LogP contribution in [0.3, 0.4) is 0 Å². The number of amides is 1. The van der Waals surface area contributed by atoms with Gasteiger partial charge in [0.05, 0.1) is 11.5 Å². The average molecular weight is 212 g/mol. The molecule has 4 nitrogen and oxygen atoms in total. The zero-order valence-corrected chi connectivity index (χ0v) is 9.04. The van der Waals surface area contributed by atoms with Crippen molar-refractivity contribution < 1.29 is 9.90 Å². The number of nitrogens with one attached hydrogen (secondary N) is 1. The summed E-state index contributed by atoms with van der Waals surface area (Å²) in [6.07, 6.45) is 5.57. The van der Waals surface area contributed by atoms with E-state index in [0.29, 0.717) is 6.54 Å². The number of rotatable bonds is 3. The molecular formula is C11H20N2O2. The summed E-state index contributed by atoms with van der Waals surface area (Å²) in [4.78, 5) is 11.7. The van der Waals surface area contributed by atoms with Crippen molar-refractivity contribution in [1.29, 1.82) is 0 Å². The first kappa shape index (κ1) is 10.9. The smallest absolute Gasteiger partial charge is 0.224 e. The molecule has 4 N–H and O–H groups in total. The van der Waals surface area contributed by atoms with Crippen molar-refractivity contribution in [2.45, 2.75) is 50.2 Å². The predicted octanol–water partition coefficient (Wildman–Crippen LogP) is 0.145. The number of aliphatic hydroxyl groups is 1. The highest BCUT2D eigenvalue weighted by Crippen LogP contribution is 2.31. The summed E-state index contributed by atoms with van der Waals surface area (Å²) in [7, 11) is 0. The van der Waals surface area contributed by atoms with E-state index in [0.717, 1.165) is 38.5 Å². The predicted molar refractivity (Wildman–Crippen MR) is 57.1 cm³/mol. The van der Waals surface area contributed by atoms with Gasteiger partial charge in [-0.05, 0) is 32.1 Å². The molecule has 1 amide bonds. The van der Waals surface area contributed by atoms with Crippen LogP contribution in [0.25, 0.3) is 0 Å². The first-order valence-electron chi connectivity index (χ1n) is 5.86. The van der Waals surface area contributed by atoms with E-state index >= 15 is 0 Å². The van der Waals surface area contributed by atoms with Crippen LogP contribution in [0.15, 0.2) is 0 Å². The van der Waals surface area contributed by atoms with E-state index in [4.69, 9.17) is 5.73 Å². The van der Waals surface area contributed by atoms with Gasteiger partial charge in [0, 0.05) is 12.6 Å². The van der Waals surface area contributed by atoms with Crippen molar-refractivity contribution in [2.24, 2.45) is 11.7 Å². The molecule has 86 valence electrons. The Morgan fingerprint density at radius 1 is 1.40 bits per heavy atom. The van der Waals surface area contributed by atoms with Gasteiger partial charge in [-0.3, -0.25) is 4.79 Å². The Labute approximate surface area is 90.2 Å². The van der Waals surface area contributed by atoms with Crippen molar-refractivity contribution >= 4 is 5.91 Å². The lowest BCUT2D eigenvalue weighted by molar-refractivity contribution is -0.127. The Bertz CT molecular complexity index is 251. The first-order valence-corrected chi connectivity index (χ1v) is 5.86. The molecule has 2 atom stereocenters. The minimum absolute atomic E-state index is 0.0148. The number of hydrogen-bond donors (Lipinski definition) is 3. The quantitative estimate of drug-likeness (QED) is 0.623. The molecule has 4 heteroatoms. The summed E-state index contributed by atoms with van der Waals surface area (Å²) < 4.78 is 0. The number of nitrogens with two attached hydrogens (primary N) is 1. The van der Waals surface area contributed by atoms with Gasteiger partial charge in [0.15, 0.2) is 0 Å². The van der Waals surface area contributed by atoms with E-state index in [1.54, 1.807) is 0 Å². The van der Waals surface area contributed by atoms with Gasteiger partial charge in [0.1, 0.15) is 0 Å². The number of carbonyl (C=O) groups is 1. The highest BCUT2D eigenvalue weighted by atomic mass is 16.3. The number of hydrogen-bond acceptors (Lipinski definition) is 3. The van der Waals surface area contributed by atoms with Crippen LogP contribution >= 0.6 is 0 Å². The monoisotopic (exact) mass is 212 g/mol. The van der Waals surface area contributed by atoms with Crippen LogP contribution in [-0.2, 0) is 4.79 Å². The number of carbonyl (C=O) groups excluding carboxylic acids is 1. The largest absolute Gasteiger partial charge is 0.388 e. The van der Waals surface area contributed by atoms with Gasteiger partial charge in [0.25, 0.3) is 0 Å². The average Bonchev–Trinajstić information content (AvgIpc) is 2.58. The lowest BCUT2D eigenvalue weighted by Gasteiger charge is -2.36. The fourth-order valence-electron chi connectivity index (χ4n) is 2.46. The summed E-state index contributed by atoms with van der Waals surface area (Å²) in [6.45, 7) is 0.398. The van der Waals surface area contributed by atoms with Crippen molar-refractivity contribution in [2.75, 3.05) is 6.54 Å². The molecule has 2 aliphatic rings. The second-order valence-electron chi connectivity index (χ2n) is 5.00. The Morgan fingerprint density at radius 2 is 2.13 bits per heavy atom. The van der Waals surface area contributed by atoms with Crippen molar-refractivity contribution in [3.8, 4) is 0 Å². The molecule has 2 aliphatic carbocycles. The fourth-order valence-corrected chi connectivity index (χ4v) is 2.46. The molecule has 0 aliphatic heterocycles. The minimum Gasteiger partial charge on any atom is -0.388 e. The maximum Gasteiger partial charge on any atom is 0.224 e. The maximum atomic E-state index is 11.7. The van der Waals surface area contributed by atoms with Crippen LogP contribution < -0.4 is 11.1 Å². The van der Waals surface area contributed by atoms with Gasteiger partial charge in [-0.15, -0.1) is 0 Å². The van der Waals surface area contributed by atoms with E-state index in [-0.39, 0.29) is 17.9 Å². The van der Waals surface area contributed by atoms with E-state index in [1.807, 2.05) is 0 Å². The third-order valence-electron chi connectivity index (χ3n) is 3.78. The molecule has 0 heterocycles. The normalized spacial score (nSPS) is 33.5. The van der Waals surface area contributed by atoms with Crippen LogP contribution in [0.1, 0.15) is 38.5 Å². The molecule has 0 saturated heterocycles. The van der Waals surface area contributed by atoms with E-state index in [1.165, 1.54) is 0 Å². The Morgan fingerprint density at radius 3 is 2.60 bits per heavy atom. The van der Waals surface area contributed by atoms with Gasteiger partial charge in [-0.2, -0.15) is 0 Å². The lowest BCUT2D eigenvalue weighted by atomic mass is 9.80. The van der Waals surface area contributed by atoms with E-state index in [2.05, 4.69) is 5.32 Å². The van der Waals surface area contributed by atoms with Gasteiger partial charge < -0.3 is 16.2 Å².